The molecule has 0 saturated carbocycles. The molecule has 0 radical (unpaired) electrons. The van der Waals surface area contributed by atoms with Crippen LogP contribution in [0.25, 0.3) is 28.1 Å². The molecule has 0 unspecified atom stereocenters. The number of imidazole rings is 1. The van der Waals surface area contributed by atoms with Crippen molar-refractivity contribution in [2.75, 3.05) is 0 Å². The number of aromatic nitrogens is 3. The van der Waals surface area contributed by atoms with Crippen LogP contribution in [-0.4, -0.2) is 14.5 Å². The van der Waals surface area contributed by atoms with Crippen LogP contribution >= 0.6 is 0 Å². The lowest BCUT2D eigenvalue weighted by Crippen LogP contribution is -2.00. The Morgan fingerprint density at radius 2 is 1.67 bits per heavy atom. The average molecular weight is 516 g/mol. The Balaban J connectivity index is 1.30. The van der Waals surface area contributed by atoms with E-state index in [4.69, 9.17) is 4.74 Å². The lowest BCUT2D eigenvalue weighted by atomic mass is 10.0. The molecule has 0 aliphatic carbocycles. The van der Waals surface area contributed by atoms with Gasteiger partial charge in [-0.15, -0.1) is 0 Å². The lowest BCUT2D eigenvalue weighted by molar-refractivity contribution is 0.306. The molecule has 0 fully saturated rings. The van der Waals surface area contributed by atoms with Crippen LogP contribution < -0.4 is 4.74 Å². The second-order valence-corrected chi connectivity index (χ2v) is 9.44. The number of ether oxygens (including phenoxy) is 1. The van der Waals surface area contributed by atoms with Gasteiger partial charge in [-0.25, -0.2) is 14.4 Å². The molecule has 3 aromatic carbocycles. The second-order valence-electron chi connectivity index (χ2n) is 9.44. The predicted molar refractivity (Wildman–Crippen MR) is 156 cm³/mol. The standard InChI is InChI=1S/C34H30FN3O/c1-4-9-30(33(35)24(2)3)34-36-31-18-19-38(22-32(31)37-34)21-25-14-16-27(17-15-25)28-12-8-13-29(20-28)39-23-26-10-6-5-7-11-26/h4-20,22H,2,21,23H2,1,3H3/b9-4-,33-30-. The summed E-state index contributed by atoms with van der Waals surface area (Å²) in [5.41, 5.74) is 6.66. The molecule has 39 heavy (non-hydrogen) atoms. The third kappa shape index (κ3) is 6.21. The van der Waals surface area contributed by atoms with Gasteiger partial charge in [-0.05, 0) is 59.9 Å². The molecule has 2 aliphatic heterocycles. The summed E-state index contributed by atoms with van der Waals surface area (Å²) in [7, 11) is 0. The molecule has 2 heterocycles. The van der Waals surface area contributed by atoms with E-state index in [2.05, 4.69) is 69.6 Å². The molecule has 3 aromatic rings. The fraction of sp³-hybridized carbons (Fsp3) is 0.118. The summed E-state index contributed by atoms with van der Waals surface area (Å²) < 4.78 is 22.7. The summed E-state index contributed by atoms with van der Waals surface area (Å²) in [6.45, 7) is 8.40. The van der Waals surface area contributed by atoms with Crippen LogP contribution in [0.3, 0.4) is 0 Å². The Morgan fingerprint density at radius 1 is 0.897 bits per heavy atom. The minimum Gasteiger partial charge on any atom is -0.489 e. The Labute approximate surface area is 228 Å². The van der Waals surface area contributed by atoms with Crippen LogP contribution in [0.4, 0.5) is 4.39 Å². The summed E-state index contributed by atoms with van der Waals surface area (Å²) in [6.07, 6.45) is 7.37. The molecule has 0 spiro atoms. The van der Waals surface area contributed by atoms with Crippen molar-refractivity contribution in [1.82, 2.24) is 14.5 Å². The summed E-state index contributed by atoms with van der Waals surface area (Å²) in [6, 6.07) is 28.7. The first-order valence-corrected chi connectivity index (χ1v) is 12.9. The van der Waals surface area contributed by atoms with Crippen LogP contribution in [0.5, 0.6) is 5.75 Å². The zero-order valence-corrected chi connectivity index (χ0v) is 22.1. The third-order valence-electron chi connectivity index (χ3n) is 6.35. The Morgan fingerprint density at radius 3 is 2.41 bits per heavy atom. The average Bonchev–Trinajstić information content (AvgIpc) is 3.38. The van der Waals surface area contributed by atoms with Gasteiger partial charge in [-0.2, -0.15) is 0 Å². The van der Waals surface area contributed by atoms with E-state index in [0.717, 1.165) is 33.7 Å². The molecule has 4 nitrogen and oxygen atoms in total. The van der Waals surface area contributed by atoms with Gasteiger partial charge < -0.3 is 9.30 Å². The van der Waals surface area contributed by atoms with Crippen LogP contribution in [-0.2, 0) is 13.2 Å². The van der Waals surface area contributed by atoms with Gasteiger partial charge in [0.2, 0.25) is 0 Å². The van der Waals surface area contributed by atoms with Crippen molar-refractivity contribution in [1.29, 1.82) is 0 Å². The van der Waals surface area contributed by atoms with Crippen molar-refractivity contribution < 1.29 is 9.13 Å². The van der Waals surface area contributed by atoms with Crippen molar-refractivity contribution in [3.8, 4) is 28.3 Å². The number of pyridine rings is 1. The van der Waals surface area contributed by atoms with Gasteiger partial charge in [-0.3, -0.25) is 0 Å². The number of rotatable bonds is 9. The first kappa shape index (κ1) is 25.9. The van der Waals surface area contributed by atoms with E-state index in [0.29, 0.717) is 35.8 Å². The van der Waals surface area contributed by atoms with Gasteiger partial charge in [0, 0.05) is 18.9 Å². The van der Waals surface area contributed by atoms with E-state index < -0.39 is 5.83 Å². The molecular weight excluding hydrogens is 485 g/mol. The molecule has 194 valence electrons. The fourth-order valence-corrected chi connectivity index (χ4v) is 4.33. The highest BCUT2D eigenvalue weighted by molar-refractivity contribution is 5.76. The second kappa shape index (κ2) is 11.7. The molecule has 5 heteroatoms. The quantitative estimate of drug-likeness (QED) is 0.185. The fourth-order valence-electron chi connectivity index (χ4n) is 4.33. The maximum Gasteiger partial charge on any atom is 0.163 e. The molecule has 0 amide bonds. The summed E-state index contributed by atoms with van der Waals surface area (Å²) in [5.74, 6) is 0.806. The van der Waals surface area contributed by atoms with Crippen LogP contribution in [0.1, 0.15) is 30.8 Å². The molecule has 0 bridgehead atoms. The molecule has 0 N–H and O–H groups in total. The van der Waals surface area contributed by atoms with Gasteiger partial charge in [0.15, 0.2) is 5.82 Å². The minimum absolute atomic E-state index is 0.345. The molecular formula is C34H30FN3O. The maximum absolute atomic E-state index is 14.7. The smallest absolute Gasteiger partial charge is 0.163 e. The van der Waals surface area contributed by atoms with Crippen molar-refractivity contribution in [3.05, 3.63) is 144 Å². The number of hydrogen-bond donors (Lipinski definition) is 0. The summed E-state index contributed by atoms with van der Waals surface area (Å²) in [5, 5.41) is 0. The van der Waals surface area contributed by atoms with E-state index in [1.165, 1.54) is 0 Å². The van der Waals surface area contributed by atoms with Crippen LogP contribution in [0.15, 0.2) is 127 Å². The normalized spacial score (nSPS) is 12.1. The van der Waals surface area contributed by atoms with Gasteiger partial charge in [-0.1, -0.05) is 85.5 Å². The maximum atomic E-state index is 14.7. The highest BCUT2D eigenvalue weighted by Gasteiger charge is 2.17. The number of nitrogens with zero attached hydrogens (tertiary/aromatic N) is 3. The zero-order chi connectivity index (χ0) is 27.2. The number of allylic oxidation sites excluding steroid dienone is 5. The van der Waals surface area contributed by atoms with Crippen molar-refractivity contribution in [2.45, 2.75) is 27.0 Å². The van der Waals surface area contributed by atoms with Crippen LogP contribution in [0, 0.1) is 0 Å². The highest BCUT2D eigenvalue weighted by Crippen LogP contribution is 2.29. The molecule has 5 rings (SSSR count). The topological polar surface area (TPSA) is 39.9 Å². The van der Waals surface area contributed by atoms with Crippen LogP contribution in [0.2, 0.25) is 0 Å². The number of halogens is 1. The predicted octanol–water partition coefficient (Wildman–Crippen LogP) is 8.51. The first-order valence-electron chi connectivity index (χ1n) is 12.9. The van der Waals surface area contributed by atoms with E-state index in [1.54, 1.807) is 19.1 Å². The number of fused-ring (bicyclic) bond motifs is 1. The summed E-state index contributed by atoms with van der Waals surface area (Å²) in [4.78, 5) is 9.14. The largest absolute Gasteiger partial charge is 0.489 e. The van der Waals surface area contributed by atoms with E-state index in [1.807, 2.05) is 55.7 Å². The van der Waals surface area contributed by atoms with E-state index in [9.17, 15) is 4.39 Å². The first-order chi connectivity index (χ1) is 19.0. The van der Waals surface area contributed by atoms with Crippen molar-refractivity contribution in [3.63, 3.8) is 0 Å². The van der Waals surface area contributed by atoms with Gasteiger partial charge >= 0.3 is 0 Å². The van der Waals surface area contributed by atoms with Gasteiger partial charge in [0.1, 0.15) is 23.9 Å². The van der Waals surface area contributed by atoms with Crippen molar-refractivity contribution >= 4 is 5.57 Å². The Hall–Kier alpha value is -4.77. The lowest BCUT2D eigenvalue weighted by Gasteiger charge is -2.10. The molecule has 0 saturated heterocycles. The van der Waals surface area contributed by atoms with E-state index >= 15 is 0 Å². The van der Waals surface area contributed by atoms with Crippen molar-refractivity contribution in [2.24, 2.45) is 0 Å². The molecule has 0 aromatic heterocycles. The minimum atomic E-state index is -0.398. The third-order valence-corrected chi connectivity index (χ3v) is 6.35. The highest BCUT2D eigenvalue weighted by atomic mass is 19.1. The Kier molecular flexibility index (Phi) is 7.78. The Bertz CT molecular complexity index is 1610. The van der Waals surface area contributed by atoms with Gasteiger partial charge in [0.05, 0.1) is 11.3 Å². The number of hydrogen-bond acceptors (Lipinski definition) is 3. The number of benzene rings is 3. The zero-order valence-electron chi connectivity index (χ0n) is 22.1. The monoisotopic (exact) mass is 515 g/mol. The SMILES string of the molecule is C=C(C)/C(F)=C(\C=C/C)c1nc2ccn(Cc3ccc(-c4cccc(OCc5ccccc5)c4)cc3)cc-2n1. The summed E-state index contributed by atoms with van der Waals surface area (Å²) >= 11 is 0. The van der Waals surface area contributed by atoms with E-state index in [-0.39, 0.29) is 0 Å². The molecule has 0 atom stereocenters. The molecule has 2 aliphatic rings. The van der Waals surface area contributed by atoms with Gasteiger partial charge in [0.25, 0.3) is 0 Å².